The molecule has 4 heteroatoms. The first-order valence-electron chi connectivity index (χ1n) is 9.79. The molecule has 0 aliphatic carbocycles. The number of aryl methyl sites for hydroxylation is 1. The number of unbranched alkanes of at least 4 members (excludes halogenated alkanes) is 3. The van der Waals surface area contributed by atoms with Gasteiger partial charge in [0, 0.05) is 13.1 Å². The molecule has 0 heterocycles. The van der Waals surface area contributed by atoms with E-state index in [2.05, 4.69) is 48.7 Å². The number of methoxy groups -OCH3 is 1. The molecule has 0 spiro atoms. The molecule has 2 aromatic carbocycles. The van der Waals surface area contributed by atoms with Crippen LogP contribution in [0, 0.1) is 0 Å². The van der Waals surface area contributed by atoms with E-state index in [4.69, 9.17) is 4.74 Å². The molecule has 0 fully saturated rings. The van der Waals surface area contributed by atoms with Crippen LogP contribution >= 0.6 is 0 Å². The summed E-state index contributed by atoms with van der Waals surface area (Å²) in [6, 6.07) is 10.6. The number of ether oxygens (including phenoxy) is 1. The van der Waals surface area contributed by atoms with Gasteiger partial charge in [0.25, 0.3) is 0 Å². The summed E-state index contributed by atoms with van der Waals surface area (Å²) in [6.07, 6.45) is 6.47. The van der Waals surface area contributed by atoms with Crippen molar-refractivity contribution >= 4 is 16.8 Å². The van der Waals surface area contributed by atoms with Gasteiger partial charge in [-0.25, -0.2) is 4.79 Å². The summed E-state index contributed by atoms with van der Waals surface area (Å²) < 4.78 is 5.37. The van der Waals surface area contributed by atoms with Crippen LogP contribution in [-0.4, -0.2) is 26.2 Å². The highest BCUT2D eigenvalue weighted by Gasteiger charge is 2.07. The predicted molar refractivity (Wildman–Crippen MR) is 109 cm³/mol. The molecule has 0 saturated heterocycles. The number of carbonyl (C=O) groups excluding carboxylic acids is 1. The molecule has 2 amide bonds. The highest BCUT2D eigenvalue weighted by atomic mass is 16.5. The standard InChI is InChI=1S/C22H32N2O2/c1-4-6-7-8-12-23-22(25)24-13-11-19-15-17(5-2)14-18-9-10-20(26-3)16-21(18)19/h9-10,14-16H,4-8,11-13H2,1-3H3,(H2,23,24,25). The lowest BCUT2D eigenvalue weighted by molar-refractivity contribution is 0.241. The van der Waals surface area contributed by atoms with Crippen molar-refractivity contribution in [3.8, 4) is 5.75 Å². The maximum Gasteiger partial charge on any atom is 0.314 e. The Balaban J connectivity index is 1.93. The van der Waals surface area contributed by atoms with E-state index in [-0.39, 0.29) is 6.03 Å². The summed E-state index contributed by atoms with van der Waals surface area (Å²) in [4.78, 5) is 11.9. The molecule has 2 N–H and O–H groups in total. The lowest BCUT2D eigenvalue weighted by Gasteiger charge is -2.12. The summed E-state index contributed by atoms with van der Waals surface area (Å²) in [5, 5.41) is 8.33. The molecule has 2 aromatic rings. The first-order valence-corrected chi connectivity index (χ1v) is 9.79. The molecule has 26 heavy (non-hydrogen) atoms. The van der Waals surface area contributed by atoms with E-state index in [1.807, 2.05) is 6.07 Å². The van der Waals surface area contributed by atoms with Crippen LogP contribution in [0.4, 0.5) is 4.79 Å². The van der Waals surface area contributed by atoms with Crippen LogP contribution in [0.2, 0.25) is 0 Å². The van der Waals surface area contributed by atoms with Gasteiger partial charge in [0.1, 0.15) is 5.75 Å². The largest absolute Gasteiger partial charge is 0.497 e. The zero-order valence-electron chi connectivity index (χ0n) is 16.4. The number of carbonyl (C=O) groups is 1. The molecule has 0 atom stereocenters. The summed E-state index contributed by atoms with van der Waals surface area (Å²) in [6.45, 7) is 5.73. The number of benzene rings is 2. The smallest absolute Gasteiger partial charge is 0.314 e. The average Bonchev–Trinajstić information content (AvgIpc) is 2.67. The third-order valence-corrected chi connectivity index (χ3v) is 4.71. The van der Waals surface area contributed by atoms with Gasteiger partial charge < -0.3 is 15.4 Å². The Morgan fingerprint density at radius 3 is 2.54 bits per heavy atom. The van der Waals surface area contributed by atoms with Crippen LogP contribution in [0.25, 0.3) is 10.8 Å². The third kappa shape index (κ3) is 5.94. The number of hydrogen-bond donors (Lipinski definition) is 2. The highest BCUT2D eigenvalue weighted by Crippen LogP contribution is 2.26. The minimum absolute atomic E-state index is 0.0740. The molecule has 0 aliphatic rings. The molecule has 2 rings (SSSR count). The van der Waals surface area contributed by atoms with Crippen molar-refractivity contribution < 1.29 is 9.53 Å². The van der Waals surface area contributed by atoms with Crippen LogP contribution < -0.4 is 15.4 Å². The topological polar surface area (TPSA) is 50.4 Å². The molecule has 0 unspecified atom stereocenters. The van der Waals surface area contributed by atoms with Crippen LogP contribution in [0.5, 0.6) is 5.75 Å². The van der Waals surface area contributed by atoms with Gasteiger partial charge in [0.05, 0.1) is 7.11 Å². The minimum Gasteiger partial charge on any atom is -0.497 e. The van der Waals surface area contributed by atoms with Gasteiger partial charge in [-0.2, -0.15) is 0 Å². The summed E-state index contributed by atoms with van der Waals surface area (Å²) in [7, 11) is 1.69. The maximum absolute atomic E-state index is 11.9. The van der Waals surface area contributed by atoms with Gasteiger partial charge in [-0.3, -0.25) is 0 Å². The zero-order chi connectivity index (χ0) is 18.8. The molecular formula is C22H32N2O2. The number of fused-ring (bicyclic) bond motifs is 1. The van der Waals surface area contributed by atoms with Gasteiger partial charge in [-0.05, 0) is 53.3 Å². The molecule has 0 bridgehead atoms. The Kier molecular flexibility index (Phi) is 8.26. The van der Waals surface area contributed by atoms with E-state index >= 15 is 0 Å². The SMILES string of the molecule is CCCCCCNC(=O)NCCc1cc(CC)cc2ccc(OC)cc12. The Hall–Kier alpha value is -2.23. The van der Waals surface area contributed by atoms with Crippen molar-refractivity contribution in [2.24, 2.45) is 0 Å². The number of amides is 2. The van der Waals surface area contributed by atoms with Crippen molar-refractivity contribution in [1.29, 1.82) is 0 Å². The number of hydrogen-bond acceptors (Lipinski definition) is 2. The lowest BCUT2D eigenvalue weighted by atomic mass is 9.97. The van der Waals surface area contributed by atoms with Crippen LogP contribution in [0.3, 0.4) is 0 Å². The van der Waals surface area contributed by atoms with E-state index in [9.17, 15) is 4.79 Å². The number of nitrogens with one attached hydrogen (secondary N) is 2. The van der Waals surface area contributed by atoms with Crippen molar-refractivity contribution in [2.45, 2.75) is 52.4 Å². The van der Waals surface area contributed by atoms with Gasteiger partial charge in [-0.15, -0.1) is 0 Å². The van der Waals surface area contributed by atoms with E-state index in [0.29, 0.717) is 6.54 Å². The fourth-order valence-electron chi connectivity index (χ4n) is 3.15. The van der Waals surface area contributed by atoms with Crippen molar-refractivity contribution in [3.05, 3.63) is 41.5 Å². The van der Waals surface area contributed by atoms with Gasteiger partial charge in [-0.1, -0.05) is 51.3 Å². The molecule has 0 saturated carbocycles. The third-order valence-electron chi connectivity index (χ3n) is 4.71. The van der Waals surface area contributed by atoms with Gasteiger partial charge >= 0.3 is 6.03 Å². The average molecular weight is 357 g/mol. The molecule has 142 valence electrons. The lowest BCUT2D eigenvalue weighted by Crippen LogP contribution is -2.37. The zero-order valence-corrected chi connectivity index (χ0v) is 16.4. The normalized spacial score (nSPS) is 10.7. The van der Waals surface area contributed by atoms with E-state index in [1.54, 1.807) is 7.11 Å². The molecule has 0 aliphatic heterocycles. The molecule has 4 nitrogen and oxygen atoms in total. The van der Waals surface area contributed by atoms with Crippen molar-refractivity contribution in [1.82, 2.24) is 10.6 Å². The Morgan fingerprint density at radius 1 is 1.00 bits per heavy atom. The summed E-state index contributed by atoms with van der Waals surface area (Å²) in [5.41, 5.74) is 2.57. The fraction of sp³-hybridized carbons (Fsp3) is 0.500. The second-order valence-electron chi connectivity index (χ2n) is 6.69. The molecule has 0 radical (unpaired) electrons. The second kappa shape index (κ2) is 10.7. The van der Waals surface area contributed by atoms with Crippen LogP contribution in [0.1, 0.15) is 50.7 Å². The number of urea groups is 1. The van der Waals surface area contributed by atoms with E-state index in [0.717, 1.165) is 31.6 Å². The van der Waals surface area contributed by atoms with Gasteiger partial charge in [0.15, 0.2) is 0 Å². The van der Waals surface area contributed by atoms with Crippen molar-refractivity contribution in [2.75, 3.05) is 20.2 Å². The Morgan fingerprint density at radius 2 is 1.81 bits per heavy atom. The van der Waals surface area contributed by atoms with E-state index < -0.39 is 0 Å². The van der Waals surface area contributed by atoms with E-state index in [1.165, 1.54) is 41.2 Å². The summed E-state index contributed by atoms with van der Waals surface area (Å²) >= 11 is 0. The molecular weight excluding hydrogens is 324 g/mol. The Labute approximate surface area is 157 Å². The minimum atomic E-state index is -0.0740. The summed E-state index contributed by atoms with van der Waals surface area (Å²) in [5.74, 6) is 0.862. The first-order chi connectivity index (χ1) is 12.7. The van der Waals surface area contributed by atoms with Crippen LogP contribution in [0.15, 0.2) is 30.3 Å². The number of rotatable bonds is 10. The van der Waals surface area contributed by atoms with Gasteiger partial charge in [0.2, 0.25) is 0 Å². The first kappa shape index (κ1) is 20.1. The highest BCUT2D eigenvalue weighted by molar-refractivity contribution is 5.88. The molecule has 0 aromatic heterocycles. The monoisotopic (exact) mass is 356 g/mol. The maximum atomic E-state index is 11.9. The Bertz CT molecular complexity index is 713. The fourth-order valence-corrected chi connectivity index (χ4v) is 3.15. The quantitative estimate of drug-likeness (QED) is 0.599. The predicted octanol–water partition coefficient (Wildman–Crippen LogP) is 4.83. The second-order valence-corrected chi connectivity index (χ2v) is 6.69. The van der Waals surface area contributed by atoms with Crippen molar-refractivity contribution in [3.63, 3.8) is 0 Å². The van der Waals surface area contributed by atoms with Crippen LogP contribution in [-0.2, 0) is 12.8 Å².